The lowest BCUT2D eigenvalue weighted by molar-refractivity contribution is -0.923. The quantitative estimate of drug-likeness (QED) is 0.876. The first kappa shape index (κ1) is 15.2. The van der Waals surface area contributed by atoms with Crippen molar-refractivity contribution in [3.05, 3.63) is 42.0 Å². The Balaban J connectivity index is 1.85. The maximum absolute atomic E-state index is 12.9. The summed E-state index contributed by atoms with van der Waals surface area (Å²) in [6, 6.07) is 11.1. The molecule has 2 atom stereocenters. The van der Waals surface area contributed by atoms with Gasteiger partial charge in [0.15, 0.2) is 0 Å². The van der Waals surface area contributed by atoms with Crippen LogP contribution in [0.2, 0.25) is 0 Å². The van der Waals surface area contributed by atoms with Crippen LogP contribution < -0.4 is 4.90 Å². The first-order chi connectivity index (χ1) is 10.4. The molecule has 2 nitrogen and oxygen atoms in total. The van der Waals surface area contributed by atoms with Crippen molar-refractivity contribution in [3.8, 4) is 5.75 Å². The van der Waals surface area contributed by atoms with E-state index in [2.05, 4.69) is 0 Å². The van der Waals surface area contributed by atoms with E-state index in [0.717, 1.165) is 27.8 Å². The zero-order valence-electron chi connectivity index (χ0n) is 12.2. The molecule has 0 spiro atoms. The van der Waals surface area contributed by atoms with Crippen molar-refractivity contribution in [2.24, 2.45) is 5.92 Å². The van der Waals surface area contributed by atoms with Crippen LogP contribution in [0.25, 0.3) is 10.8 Å². The second-order valence-electron chi connectivity index (χ2n) is 6.05. The van der Waals surface area contributed by atoms with Crippen LogP contribution in [0.15, 0.2) is 36.4 Å². The molecule has 1 heterocycles. The molecule has 3 rings (SSSR count). The molecule has 0 aliphatic carbocycles. The van der Waals surface area contributed by atoms with E-state index in [1.165, 1.54) is 0 Å². The summed E-state index contributed by atoms with van der Waals surface area (Å²) >= 11 is 0. The maximum atomic E-state index is 12.9. The van der Waals surface area contributed by atoms with E-state index in [0.29, 0.717) is 13.0 Å². The highest BCUT2D eigenvalue weighted by atomic mass is 19.4. The summed E-state index contributed by atoms with van der Waals surface area (Å²) in [4.78, 5) is 0.889. The van der Waals surface area contributed by atoms with Crippen molar-refractivity contribution in [3.63, 3.8) is 0 Å². The highest BCUT2D eigenvalue weighted by Gasteiger charge is 2.43. The van der Waals surface area contributed by atoms with Gasteiger partial charge in [0.2, 0.25) is 0 Å². The fraction of sp³-hybridized carbons (Fsp3) is 0.412. The molecular formula is C17H19F3NO+. The van der Waals surface area contributed by atoms with Crippen LogP contribution in [0.5, 0.6) is 5.75 Å². The van der Waals surface area contributed by atoms with Gasteiger partial charge in [0, 0.05) is 0 Å². The second kappa shape index (κ2) is 5.80. The number of nitrogens with one attached hydrogen (secondary N) is 1. The van der Waals surface area contributed by atoms with Crippen LogP contribution in [0, 0.1) is 5.92 Å². The molecule has 1 aliphatic rings. The zero-order chi connectivity index (χ0) is 15.7. The van der Waals surface area contributed by atoms with Gasteiger partial charge in [-0.05, 0) is 29.7 Å². The molecule has 1 saturated heterocycles. The number of rotatable bonds is 2. The molecule has 1 fully saturated rings. The fourth-order valence-corrected chi connectivity index (χ4v) is 3.35. The minimum Gasteiger partial charge on any atom is -0.507 e. The fourth-order valence-electron chi connectivity index (χ4n) is 3.35. The van der Waals surface area contributed by atoms with Crippen LogP contribution in [-0.2, 0) is 6.54 Å². The Morgan fingerprint density at radius 2 is 1.91 bits per heavy atom. The lowest BCUT2D eigenvalue weighted by atomic mass is 9.96. The number of phenols is 1. The monoisotopic (exact) mass is 310 g/mol. The van der Waals surface area contributed by atoms with Crippen LogP contribution in [0.1, 0.15) is 18.4 Å². The number of alkyl halides is 3. The summed E-state index contributed by atoms with van der Waals surface area (Å²) in [6.45, 7) is 1.24. The highest BCUT2D eigenvalue weighted by Crippen LogP contribution is 2.30. The number of aromatic hydroxyl groups is 1. The molecule has 22 heavy (non-hydrogen) atoms. The number of benzene rings is 2. The number of quaternary nitrogens is 1. The predicted octanol–water partition coefficient (Wildman–Crippen LogP) is 2.90. The summed E-state index contributed by atoms with van der Waals surface area (Å²) in [5, 5.41) is 12.0. The van der Waals surface area contributed by atoms with E-state index in [9.17, 15) is 18.3 Å². The van der Waals surface area contributed by atoms with E-state index in [-0.39, 0.29) is 18.7 Å². The number of hydrogen-bond donors (Lipinski definition) is 2. The third kappa shape index (κ3) is 3.04. The van der Waals surface area contributed by atoms with Crippen LogP contribution >= 0.6 is 0 Å². The number of fused-ring (bicyclic) bond motifs is 1. The SMILES string of the molecule is Oc1ccc2ccccc2c1C[NH+]1CCC[C@@H](C(F)(F)F)C1. The zero-order valence-corrected chi connectivity index (χ0v) is 12.2. The van der Waals surface area contributed by atoms with Gasteiger partial charge in [-0.25, -0.2) is 0 Å². The highest BCUT2D eigenvalue weighted by molar-refractivity contribution is 5.87. The normalized spacial score (nSPS) is 22.9. The number of phenolic OH excluding ortho intramolecular Hbond substituents is 1. The Morgan fingerprint density at radius 3 is 2.68 bits per heavy atom. The molecule has 0 saturated carbocycles. The lowest BCUT2D eigenvalue weighted by Gasteiger charge is -2.31. The number of piperidine rings is 1. The molecule has 118 valence electrons. The van der Waals surface area contributed by atoms with E-state index < -0.39 is 12.1 Å². The van der Waals surface area contributed by atoms with Crippen molar-refractivity contribution in [2.45, 2.75) is 25.6 Å². The van der Waals surface area contributed by atoms with E-state index in [4.69, 9.17) is 0 Å². The molecule has 0 radical (unpaired) electrons. The van der Waals surface area contributed by atoms with E-state index >= 15 is 0 Å². The van der Waals surface area contributed by atoms with Gasteiger partial charge in [0.1, 0.15) is 18.2 Å². The summed E-state index contributed by atoms with van der Waals surface area (Å²) in [6.07, 6.45) is -3.33. The summed E-state index contributed by atoms with van der Waals surface area (Å²) in [5.41, 5.74) is 0.746. The standard InChI is InChI=1S/C17H18F3NO/c18-17(19,20)13-5-3-9-21(10-13)11-15-14-6-2-1-4-12(14)7-8-16(15)22/h1-2,4,6-8,13,22H,3,5,9-11H2/p+1/t13-/m1/s1. The Kier molecular flexibility index (Phi) is 4.00. The number of hydrogen-bond acceptors (Lipinski definition) is 1. The number of likely N-dealkylation sites (tertiary alicyclic amines) is 1. The molecule has 2 aromatic carbocycles. The smallest absolute Gasteiger partial charge is 0.397 e. The Labute approximate surface area is 127 Å². The van der Waals surface area contributed by atoms with Gasteiger partial charge < -0.3 is 10.0 Å². The second-order valence-corrected chi connectivity index (χ2v) is 6.05. The van der Waals surface area contributed by atoms with Gasteiger partial charge in [-0.15, -0.1) is 0 Å². The van der Waals surface area contributed by atoms with Gasteiger partial charge in [-0.3, -0.25) is 0 Å². The Morgan fingerprint density at radius 1 is 1.14 bits per heavy atom. The third-order valence-corrected chi connectivity index (χ3v) is 4.52. The molecule has 5 heteroatoms. The summed E-state index contributed by atoms with van der Waals surface area (Å²) in [7, 11) is 0. The van der Waals surface area contributed by atoms with E-state index in [1.54, 1.807) is 6.07 Å². The van der Waals surface area contributed by atoms with Gasteiger partial charge >= 0.3 is 6.18 Å². The van der Waals surface area contributed by atoms with Crippen LogP contribution in [0.3, 0.4) is 0 Å². The molecule has 0 amide bonds. The maximum Gasteiger partial charge on any atom is 0.397 e. The Hall–Kier alpha value is -1.75. The molecule has 2 N–H and O–H groups in total. The molecule has 2 aromatic rings. The first-order valence-electron chi connectivity index (χ1n) is 7.55. The summed E-state index contributed by atoms with van der Waals surface area (Å²) in [5.74, 6) is -1.06. The van der Waals surface area contributed by atoms with Gasteiger partial charge in [-0.1, -0.05) is 30.3 Å². The van der Waals surface area contributed by atoms with Gasteiger partial charge in [0.05, 0.1) is 18.7 Å². The topological polar surface area (TPSA) is 24.7 Å². The first-order valence-corrected chi connectivity index (χ1v) is 7.55. The van der Waals surface area contributed by atoms with Crippen LogP contribution in [0.4, 0.5) is 13.2 Å². The third-order valence-electron chi connectivity index (χ3n) is 4.52. The molecule has 0 bridgehead atoms. The Bertz CT molecular complexity index is 668. The largest absolute Gasteiger partial charge is 0.507 e. The molecule has 1 aliphatic heterocycles. The lowest BCUT2D eigenvalue weighted by Crippen LogP contribution is -3.12. The molecule has 1 unspecified atom stereocenters. The number of halogens is 3. The van der Waals surface area contributed by atoms with Crippen molar-refractivity contribution >= 4 is 10.8 Å². The summed E-state index contributed by atoms with van der Waals surface area (Å²) < 4.78 is 38.8. The van der Waals surface area contributed by atoms with Crippen molar-refractivity contribution < 1.29 is 23.2 Å². The van der Waals surface area contributed by atoms with Crippen molar-refractivity contribution in [1.29, 1.82) is 0 Å². The minimum absolute atomic E-state index is 0.0894. The molecule has 0 aromatic heterocycles. The van der Waals surface area contributed by atoms with Crippen molar-refractivity contribution in [2.75, 3.05) is 13.1 Å². The van der Waals surface area contributed by atoms with E-state index in [1.807, 2.05) is 30.3 Å². The average Bonchev–Trinajstić information content (AvgIpc) is 2.50. The van der Waals surface area contributed by atoms with Crippen molar-refractivity contribution in [1.82, 2.24) is 0 Å². The molecular weight excluding hydrogens is 291 g/mol. The predicted molar refractivity (Wildman–Crippen MR) is 78.8 cm³/mol. The van der Waals surface area contributed by atoms with Crippen LogP contribution in [-0.4, -0.2) is 24.4 Å². The average molecular weight is 310 g/mol. The van der Waals surface area contributed by atoms with Gasteiger partial charge in [-0.2, -0.15) is 13.2 Å². The van der Waals surface area contributed by atoms with Gasteiger partial charge in [0.25, 0.3) is 0 Å². The minimum atomic E-state index is -4.12.